The molecule has 6 rings (SSSR count). The molecule has 11 nitrogen and oxygen atoms in total. The second kappa shape index (κ2) is 16.5. The number of aromatic nitrogens is 2. The van der Waals surface area contributed by atoms with Crippen LogP contribution >= 0.6 is 24.0 Å². The number of nitrogens with zero attached hydrogens (tertiary/aromatic N) is 1. The van der Waals surface area contributed by atoms with Gasteiger partial charge in [-0.15, -0.1) is 12.4 Å². The molecule has 1 aliphatic heterocycles. The summed E-state index contributed by atoms with van der Waals surface area (Å²) >= 11 is 6.12. The molecule has 4 aromatic rings. The Bertz CT molecular complexity index is 1850. The fraction of sp³-hybridized carbons (Fsp3) is 0.378. The van der Waals surface area contributed by atoms with Crippen molar-refractivity contribution in [3.05, 3.63) is 82.5 Å². The van der Waals surface area contributed by atoms with Crippen molar-refractivity contribution in [3.63, 3.8) is 0 Å². The fourth-order valence-corrected chi connectivity index (χ4v) is 7.00. The smallest absolute Gasteiger partial charge is 0.251 e. The average molecular weight is 721 g/mol. The van der Waals surface area contributed by atoms with Crippen molar-refractivity contribution in [2.45, 2.75) is 64.0 Å². The molecule has 1 aromatic heterocycles. The molecule has 4 amide bonds. The molecule has 264 valence electrons. The van der Waals surface area contributed by atoms with E-state index in [1.807, 2.05) is 43.3 Å². The van der Waals surface area contributed by atoms with Crippen molar-refractivity contribution in [1.82, 2.24) is 26.1 Å². The third-order valence-corrected chi connectivity index (χ3v) is 10.0. The molecule has 13 heteroatoms. The van der Waals surface area contributed by atoms with Crippen LogP contribution in [0.25, 0.3) is 22.0 Å². The van der Waals surface area contributed by atoms with Crippen molar-refractivity contribution >= 4 is 64.2 Å². The first-order valence-electron chi connectivity index (χ1n) is 16.9. The van der Waals surface area contributed by atoms with Gasteiger partial charge in [-0.1, -0.05) is 41.9 Å². The van der Waals surface area contributed by atoms with E-state index in [0.717, 1.165) is 59.7 Å². The number of H-pyrrole nitrogens is 1. The maximum atomic E-state index is 13.7. The first-order valence-corrected chi connectivity index (χ1v) is 17.3. The Morgan fingerprint density at radius 1 is 1.00 bits per heavy atom. The van der Waals surface area contributed by atoms with Crippen molar-refractivity contribution in [3.8, 4) is 11.1 Å². The molecule has 2 heterocycles. The largest absolute Gasteiger partial charge is 0.354 e. The predicted octanol–water partition coefficient (Wildman–Crippen LogP) is 5.05. The van der Waals surface area contributed by atoms with Crippen LogP contribution in [0.5, 0.6) is 0 Å². The highest BCUT2D eigenvalue weighted by Gasteiger charge is 2.30. The third-order valence-electron chi connectivity index (χ3n) is 9.75. The Morgan fingerprint density at radius 3 is 2.46 bits per heavy atom. The molecule has 0 bridgehead atoms. The summed E-state index contributed by atoms with van der Waals surface area (Å²) in [7, 11) is 0. The molecule has 2 atom stereocenters. The lowest BCUT2D eigenvalue weighted by atomic mass is 9.81. The normalized spacial score (nSPS) is 19.5. The van der Waals surface area contributed by atoms with E-state index in [1.165, 1.54) is 0 Å². The zero-order chi connectivity index (χ0) is 34.5. The van der Waals surface area contributed by atoms with Crippen LogP contribution in [0.15, 0.2) is 60.7 Å². The molecule has 1 saturated heterocycles. The molecule has 0 unspecified atom stereocenters. The first kappa shape index (κ1) is 36.8. The number of halogens is 2. The number of hydrogen-bond donors (Lipinski definition) is 6. The number of rotatable bonds is 10. The molecule has 0 radical (unpaired) electrons. The van der Waals surface area contributed by atoms with Crippen molar-refractivity contribution < 1.29 is 19.2 Å². The minimum absolute atomic E-state index is 0. The van der Waals surface area contributed by atoms with Crippen LogP contribution in [0, 0.1) is 18.8 Å². The number of carbonyl (C=O) groups is 4. The molecule has 0 spiro atoms. The monoisotopic (exact) mass is 719 g/mol. The number of aromatic amines is 1. The number of piperidine rings is 1. The Hall–Kier alpha value is -4.45. The average Bonchev–Trinajstić information content (AvgIpc) is 3.48. The van der Waals surface area contributed by atoms with Gasteiger partial charge >= 0.3 is 0 Å². The lowest BCUT2D eigenvalue weighted by Crippen LogP contribution is -2.50. The van der Waals surface area contributed by atoms with Gasteiger partial charge in [-0.2, -0.15) is 5.10 Å². The number of amides is 4. The van der Waals surface area contributed by atoms with Crippen molar-refractivity contribution in [2.24, 2.45) is 17.6 Å². The molecular formula is C37H43Cl2N7O4. The summed E-state index contributed by atoms with van der Waals surface area (Å²) in [5, 5.41) is 19.6. The lowest BCUT2D eigenvalue weighted by molar-refractivity contribution is -0.130. The van der Waals surface area contributed by atoms with Crippen LogP contribution in [-0.4, -0.2) is 59.0 Å². The number of benzene rings is 3. The molecule has 2 aliphatic rings. The van der Waals surface area contributed by atoms with Gasteiger partial charge in [0.15, 0.2) is 5.15 Å². The van der Waals surface area contributed by atoms with E-state index in [9.17, 15) is 19.2 Å². The molecule has 2 fully saturated rings. The van der Waals surface area contributed by atoms with Gasteiger partial charge < -0.3 is 27.0 Å². The van der Waals surface area contributed by atoms with Gasteiger partial charge in [0.2, 0.25) is 17.7 Å². The van der Waals surface area contributed by atoms with Crippen LogP contribution in [0.3, 0.4) is 0 Å². The Kier molecular flexibility index (Phi) is 12.2. The summed E-state index contributed by atoms with van der Waals surface area (Å²) in [4.78, 5) is 52.1. The zero-order valence-electron chi connectivity index (χ0n) is 27.9. The second-order valence-electron chi connectivity index (χ2n) is 13.2. The van der Waals surface area contributed by atoms with Gasteiger partial charge in [0, 0.05) is 35.5 Å². The van der Waals surface area contributed by atoms with Crippen LogP contribution in [0.2, 0.25) is 5.15 Å². The summed E-state index contributed by atoms with van der Waals surface area (Å²) < 4.78 is 0. The van der Waals surface area contributed by atoms with Gasteiger partial charge in [-0.25, -0.2) is 0 Å². The van der Waals surface area contributed by atoms with Crippen LogP contribution < -0.4 is 27.0 Å². The summed E-state index contributed by atoms with van der Waals surface area (Å²) in [6, 6.07) is 17.3. The number of carbonyl (C=O) groups excluding carboxylic acids is 4. The molecular weight excluding hydrogens is 677 g/mol. The lowest BCUT2D eigenvalue weighted by Gasteiger charge is -2.28. The quantitative estimate of drug-likeness (QED) is 0.134. The van der Waals surface area contributed by atoms with E-state index in [4.69, 9.17) is 17.3 Å². The number of nitrogens with two attached hydrogens (primary N) is 1. The summed E-state index contributed by atoms with van der Waals surface area (Å²) in [5.74, 6) is -0.589. The van der Waals surface area contributed by atoms with E-state index < -0.39 is 12.1 Å². The number of fused-ring (bicyclic) bond motifs is 1. The number of nitrogens with one attached hydrogen (secondary N) is 5. The Balaban J connectivity index is 0.00000486. The summed E-state index contributed by atoms with van der Waals surface area (Å²) in [6.07, 6.45) is 5.06. The third kappa shape index (κ3) is 8.64. The van der Waals surface area contributed by atoms with Crippen molar-refractivity contribution in [1.29, 1.82) is 0 Å². The fourth-order valence-electron chi connectivity index (χ4n) is 6.79. The van der Waals surface area contributed by atoms with Gasteiger partial charge in [-0.3, -0.25) is 24.3 Å². The van der Waals surface area contributed by atoms with Crippen molar-refractivity contribution in [2.75, 3.05) is 18.4 Å². The van der Waals surface area contributed by atoms with E-state index in [-0.39, 0.29) is 42.0 Å². The first-order chi connectivity index (χ1) is 23.7. The van der Waals surface area contributed by atoms with Crippen LogP contribution in [0.4, 0.5) is 5.69 Å². The summed E-state index contributed by atoms with van der Waals surface area (Å²) in [6.45, 7) is 3.20. The molecule has 7 N–H and O–H groups in total. The topological polar surface area (TPSA) is 171 Å². The molecule has 50 heavy (non-hydrogen) atoms. The second-order valence-corrected chi connectivity index (χ2v) is 13.5. The minimum atomic E-state index is -0.808. The van der Waals surface area contributed by atoms with Gasteiger partial charge in [0.1, 0.15) is 12.1 Å². The number of aryl methyl sites for hydroxylation is 1. The van der Waals surface area contributed by atoms with E-state index in [0.29, 0.717) is 53.8 Å². The minimum Gasteiger partial charge on any atom is -0.354 e. The van der Waals surface area contributed by atoms with Gasteiger partial charge in [0.25, 0.3) is 5.91 Å². The predicted molar refractivity (Wildman–Crippen MR) is 197 cm³/mol. The van der Waals surface area contributed by atoms with Gasteiger partial charge in [0.05, 0.1) is 5.52 Å². The summed E-state index contributed by atoms with van der Waals surface area (Å²) in [5.41, 5.74) is 11.3. The SMILES string of the molecule is Cc1cc(C(=O)N[C@H]2CCCNC2=O)ccc1-c1ccc(C[C@H](NC(=O)[C@H]2CC[C@H](CN)CC2)C(=O)Nc2ccc3c(Cl)n[nH]c3c2)cc1.Cl. The van der Waals surface area contributed by atoms with Crippen LogP contribution in [0.1, 0.15) is 60.0 Å². The molecule has 3 aromatic carbocycles. The highest BCUT2D eigenvalue weighted by molar-refractivity contribution is 6.34. The molecule has 1 aliphatic carbocycles. The van der Waals surface area contributed by atoms with Gasteiger partial charge in [-0.05, 0) is 110 Å². The van der Waals surface area contributed by atoms with E-state index in [2.05, 4.69) is 31.5 Å². The maximum absolute atomic E-state index is 13.7. The van der Waals surface area contributed by atoms with E-state index >= 15 is 0 Å². The maximum Gasteiger partial charge on any atom is 0.251 e. The Morgan fingerprint density at radius 2 is 1.76 bits per heavy atom. The number of anilines is 1. The highest BCUT2D eigenvalue weighted by Crippen LogP contribution is 2.29. The highest BCUT2D eigenvalue weighted by atomic mass is 35.5. The standard InChI is InChI=1S/C37H42ClN7O4.ClH/c1-21-17-26(35(47)42-30-3-2-16-40-36(30)48)12-14-28(21)24-8-4-22(5-9-24)18-32(43-34(46)25-10-6-23(20-39)7-11-25)37(49)41-27-13-15-29-31(19-27)44-45-33(29)38;/h4-5,8-9,12-15,17,19,23,25,30,32H,2-3,6-7,10-11,16,18,20,39H2,1H3,(H,40,48)(H,41,49)(H,42,47)(H,43,46)(H,44,45);1H/t23-,25-,30-,32-;/m0./s1. The zero-order valence-corrected chi connectivity index (χ0v) is 29.5. The number of hydrogen-bond acceptors (Lipinski definition) is 6. The molecule has 1 saturated carbocycles. The van der Waals surface area contributed by atoms with E-state index in [1.54, 1.807) is 24.3 Å². The Labute approximate surface area is 302 Å². The van der Waals surface area contributed by atoms with Crippen LogP contribution in [-0.2, 0) is 20.8 Å².